The van der Waals surface area contributed by atoms with Gasteiger partial charge in [-0.1, -0.05) is 30.3 Å². The lowest BCUT2D eigenvalue weighted by Crippen LogP contribution is -2.48. The molecule has 0 fully saturated rings. The van der Waals surface area contributed by atoms with Gasteiger partial charge in [0.1, 0.15) is 0 Å². The van der Waals surface area contributed by atoms with Crippen LogP contribution < -0.4 is 10.6 Å². The molecule has 130 valence electrons. The third-order valence-corrected chi connectivity index (χ3v) is 3.04. The summed E-state index contributed by atoms with van der Waals surface area (Å²) in [6.07, 6.45) is 0.439. The van der Waals surface area contributed by atoms with Crippen molar-refractivity contribution in [2.75, 3.05) is 20.6 Å². The van der Waals surface area contributed by atoms with Crippen LogP contribution in [-0.2, 0) is 11.3 Å². The quantitative estimate of drug-likeness (QED) is 0.427. The van der Waals surface area contributed by atoms with Crippen molar-refractivity contribution in [1.82, 2.24) is 15.5 Å². The second-order valence-corrected chi connectivity index (χ2v) is 6.36. The molecule has 5 nitrogen and oxygen atoms in total. The highest BCUT2D eigenvalue weighted by Gasteiger charge is 2.13. The summed E-state index contributed by atoms with van der Waals surface area (Å²) in [6, 6.07) is 9.99. The maximum absolute atomic E-state index is 12.1. The lowest BCUT2D eigenvalue weighted by atomic mass is 10.1. The van der Waals surface area contributed by atoms with E-state index in [1.165, 1.54) is 0 Å². The molecule has 2 N–H and O–H groups in total. The summed E-state index contributed by atoms with van der Waals surface area (Å²) in [5, 5.41) is 6.43. The number of rotatable bonds is 5. The smallest absolute Gasteiger partial charge is 0.224 e. The Balaban J connectivity index is 0.00000484. The molecule has 0 bridgehead atoms. The second-order valence-electron chi connectivity index (χ2n) is 6.36. The van der Waals surface area contributed by atoms with Crippen LogP contribution >= 0.6 is 24.0 Å². The van der Waals surface area contributed by atoms with Crippen molar-refractivity contribution >= 4 is 35.8 Å². The summed E-state index contributed by atoms with van der Waals surface area (Å²) in [4.78, 5) is 18.0. The molecule has 0 spiro atoms. The highest BCUT2D eigenvalue weighted by Crippen LogP contribution is 2.03. The molecule has 0 aliphatic rings. The van der Waals surface area contributed by atoms with E-state index in [9.17, 15) is 4.79 Å². The fourth-order valence-electron chi connectivity index (χ4n) is 1.96. The first-order valence-corrected chi connectivity index (χ1v) is 7.58. The molecule has 0 aliphatic carbocycles. The van der Waals surface area contributed by atoms with Gasteiger partial charge < -0.3 is 15.5 Å². The third-order valence-electron chi connectivity index (χ3n) is 3.04. The molecule has 0 aromatic heterocycles. The van der Waals surface area contributed by atoms with E-state index in [0.29, 0.717) is 25.5 Å². The molecule has 6 heteroatoms. The second kappa shape index (κ2) is 10.5. The molecule has 1 rings (SSSR count). The summed E-state index contributed by atoms with van der Waals surface area (Å²) < 4.78 is 0. The topological polar surface area (TPSA) is 56.7 Å². The van der Waals surface area contributed by atoms with E-state index >= 15 is 0 Å². The molecule has 1 aromatic carbocycles. The largest absolute Gasteiger partial charge is 0.356 e. The van der Waals surface area contributed by atoms with Gasteiger partial charge in [0.05, 0.1) is 0 Å². The number of carbonyl (C=O) groups excluding carboxylic acids is 1. The van der Waals surface area contributed by atoms with Gasteiger partial charge in [-0.15, -0.1) is 24.0 Å². The summed E-state index contributed by atoms with van der Waals surface area (Å²) in [5.41, 5.74) is 1.08. The predicted octanol–water partition coefficient (Wildman–Crippen LogP) is 2.62. The van der Waals surface area contributed by atoms with Crippen molar-refractivity contribution < 1.29 is 4.79 Å². The molecule has 0 atom stereocenters. The Morgan fingerprint density at radius 3 is 2.35 bits per heavy atom. The maximum atomic E-state index is 12.1. The molecule has 0 saturated heterocycles. The van der Waals surface area contributed by atoms with E-state index in [4.69, 9.17) is 0 Å². The number of hydrogen-bond donors (Lipinski definition) is 2. The molecule has 0 unspecified atom stereocenters. The van der Waals surface area contributed by atoms with Crippen LogP contribution in [0.2, 0.25) is 0 Å². The molecule has 0 saturated carbocycles. The predicted molar refractivity (Wildman–Crippen MR) is 107 cm³/mol. The van der Waals surface area contributed by atoms with Gasteiger partial charge in [0.15, 0.2) is 5.96 Å². The minimum absolute atomic E-state index is 0. The van der Waals surface area contributed by atoms with Gasteiger partial charge >= 0.3 is 0 Å². The van der Waals surface area contributed by atoms with Crippen molar-refractivity contribution in [2.24, 2.45) is 4.99 Å². The first-order chi connectivity index (χ1) is 10.3. The zero-order chi connectivity index (χ0) is 16.6. The number of nitrogens with zero attached hydrogens (tertiary/aromatic N) is 2. The average Bonchev–Trinajstić information content (AvgIpc) is 2.45. The zero-order valence-electron chi connectivity index (χ0n) is 14.7. The Hall–Kier alpha value is -1.31. The Bertz CT molecular complexity index is 497. The van der Waals surface area contributed by atoms with Crippen molar-refractivity contribution in [2.45, 2.75) is 39.3 Å². The average molecular weight is 432 g/mol. The van der Waals surface area contributed by atoms with E-state index < -0.39 is 0 Å². The molecule has 23 heavy (non-hydrogen) atoms. The number of amides is 1. The third kappa shape index (κ3) is 9.43. The lowest BCUT2D eigenvalue weighted by molar-refractivity contribution is -0.130. The SMILES string of the molecule is CN=C(NCCC(=O)N(C)Cc1ccccc1)NC(C)(C)C.I. The van der Waals surface area contributed by atoms with Crippen LogP contribution in [0.4, 0.5) is 0 Å². The van der Waals surface area contributed by atoms with E-state index in [2.05, 4.69) is 36.4 Å². The Kier molecular flexibility index (Phi) is 9.87. The molecule has 0 heterocycles. The number of carbonyl (C=O) groups is 1. The van der Waals surface area contributed by atoms with Crippen LogP contribution in [0, 0.1) is 0 Å². The number of halogens is 1. The van der Waals surface area contributed by atoms with Crippen LogP contribution in [0.5, 0.6) is 0 Å². The number of hydrogen-bond acceptors (Lipinski definition) is 2. The van der Waals surface area contributed by atoms with E-state index in [1.54, 1.807) is 11.9 Å². The summed E-state index contributed by atoms with van der Waals surface area (Å²) in [6.45, 7) is 7.40. The highest BCUT2D eigenvalue weighted by molar-refractivity contribution is 14.0. The Labute approximate surface area is 157 Å². The monoisotopic (exact) mass is 432 g/mol. The van der Waals surface area contributed by atoms with Crippen molar-refractivity contribution in [3.63, 3.8) is 0 Å². The number of benzene rings is 1. The molecule has 0 aliphatic heterocycles. The fourth-order valence-corrected chi connectivity index (χ4v) is 1.96. The van der Waals surface area contributed by atoms with E-state index in [-0.39, 0.29) is 35.4 Å². The standard InChI is InChI=1S/C17H28N4O.HI/c1-17(2,3)20-16(18-4)19-12-11-15(22)21(5)13-14-9-7-6-8-10-14;/h6-10H,11-13H2,1-5H3,(H2,18,19,20);1H. The van der Waals surface area contributed by atoms with Crippen molar-refractivity contribution in [3.8, 4) is 0 Å². The van der Waals surface area contributed by atoms with Gasteiger partial charge in [0, 0.05) is 39.1 Å². The molecular weight excluding hydrogens is 403 g/mol. The maximum Gasteiger partial charge on any atom is 0.224 e. The van der Waals surface area contributed by atoms with E-state index in [0.717, 1.165) is 5.56 Å². The Morgan fingerprint density at radius 2 is 1.83 bits per heavy atom. The summed E-state index contributed by atoms with van der Waals surface area (Å²) in [5.74, 6) is 0.827. The zero-order valence-corrected chi connectivity index (χ0v) is 17.0. The summed E-state index contributed by atoms with van der Waals surface area (Å²) >= 11 is 0. The number of aliphatic imine (C=N–C) groups is 1. The number of nitrogens with one attached hydrogen (secondary N) is 2. The Morgan fingerprint density at radius 1 is 1.22 bits per heavy atom. The first-order valence-electron chi connectivity index (χ1n) is 7.58. The first kappa shape index (κ1) is 21.7. The van der Waals surface area contributed by atoms with Crippen molar-refractivity contribution in [1.29, 1.82) is 0 Å². The molecule has 0 radical (unpaired) electrons. The number of guanidine groups is 1. The fraction of sp³-hybridized carbons (Fsp3) is 0.529. The lowest BCUT2D eigenvalue weighted by Gasteiger charge is -2.24. The van der Waals surface area contributed by atoms with Crippen LogP contribution in [0.3, 0.4) is 0 Å². The highest BCUT2D eigenvalue weighted by atomic mass is 127. The van der Waals surface area contributed by atoms with Crippen LogP contribution in [0.25, 0.3) is 0 Å². The van der Waals surface area contributed by atoms with E-state index in [1.807, 2.05) is 37.4 Å². The van der Waals surface area contributed by atoms with Gasteiger partial charge in [0.2, 0.25) is 5.91 Å². The minimum Gasteiger partial charge on any atom is -0.356 e. The molecule has 1 amide bonds. The van der Waals surface area contributed by atoms with Gasteiger partial charge in [-0.2, -0.15) is 0 Å². The van der Waals surface area contributed by atoms with Crippen LogP contribution in [0.1, 0.15) is 32.8 Å². The van der Waals surface area contributed by atoms with Crippen molar-refractivity contribution in [3.05, 3.63) is 35.9 Å². The van der Waals surface area contributed by atoms with Gasteiger partial charge in [-0.25, -0.2) is 0 Å². The minimum atomic E-state index is -0.0596. The van der Waals surface area contributed by atoms with Crippen LogP contribution in [-0.4, -0.2) is 42.9 Å². The van der Waals surface area contributed by atoms with Gasteiger partial charge in [0.25, 0.3) is 0 Å². The summed E-state index contributed by atoms with van der Waals surface area (Å²) in [7, 11) is 3.56. The normalized spacial score (nSPS) is 11.4. The van der Waals surface area contributed by atoms with Gasteiger partial charge in [-0.3, -0.25) is 9.79 Å². The van der Waals surface area contributed by atoms with Gasteiger partial charge in [-0.05, 0) is 26.3 Å². The molecule has 1 aromatic rings. The van der Waals surface area contributed by atoms with Crippen LogP contribution in [0.15, 0.2) is 35.3 Å². The molecular formula is C17H29IN4O.